The number of ether oxygens (including phenoxy) is 3. The minimum atomic E-state index is -0.287. The summed E-state index contributed by atoms with van der Waals surface area (Å²) < 4.78 is 15.8. The predicted octanol–water partition coefficient (Wildman–Crippen LogP) is 3.69. The second-order valence-electron chi connectivity index (χ2n) is 3.60. The molecule has 0 spiro atoms. The largest absolute Gasteiger partial charge is 0.379 e. The van der Waals surface area contributed by atoms with Crippen LogP contribution in [0.15, 0.2) is 18.2 Å². The van der Waals surface area contributed by atoms with E-state index in [2.05, 4.69) is 0 Å². The smallest absolute Gasteiger partial charge is 0.147 e. The van der Waals surface area contributed by atoms with Gasteiger partial charge in [-0.3, -0.25) is 0 Å². The average Bonchev–Trinajstić information content (AvgIpc) is 2.31. The molecular formula is C12H16Cl2O3. The lowest BCUT2D eigenvalue weighted by atomic mass is 10.1. The van der Waals surface area contributed by atoms with Crippen molar-refractivity contribution in [2.45, 2.75) is 19.1 Å². The Balaban J connectivity index is 2.95. The number of methoxy groups -OCH3 is 2. The molecule has 0 aliphatic rings. The third kappa shape index (κ3) is 4.12. The molecule has 0 saturated heterocycles. The molecule has 17 heavy (non-hydrogen) atoms. The van der Waals surface area contributed by atoms with Gasteiger partial charge in [-0.05, 0) is 19.1 Å². The molecule has 0 heterocycles. The second kappa shape index (κ2) is 7.19. The van der Waals surface area contributed by atoms with E-state index in [1.54, 1.807) is 26.4 Å². The number of rotatable bonds is 6. The Kier molecular flexibility index (Phi) is 6.23. The molecule has 96 valence electrons. The lowest BCUT2D eigenvalue weighted by Crippen LogP contribution is -2.21. The van der Waals surface area contributed by atoms with E-state index in [0.29, 0.717) is 10.0 Å². The molecule has 2 atom stereocenters. The first-order valence-electron chi connectivity index (χ1n) is 5.18. The van der Waals surface area contributed by atoms with E-state index in [9.17, 15) is 0 Å². The van der Waals surface area contributed by atoms with E-state index >= 15 is 0 Å². The van der Waals surface area contributed by atoms with Crippen LogP contribution in [0.25, 0.3) is 0 Å². The van der Waals surface area contributed by atoms with Gasteiger partial charge in [-0.25, -0.2) is 0 Å². The lowest BCUT2D eigenvalue weighted by Gasteiger charge is -2.24. The minimum Gasteiger partial charge on any atom is -0.379 e. The van der Waals surface area contributed by atoms with Crippen LogP contribution in [0.3, 0.4) is 0 Å². The van der Waals surface area contributed by atoms with Crippen LogP contribution in [0.5, 0.6) is 0 Å². The van der Waals surface area contributed by atoms with E-state index in [1.807, 2.05) is 13.0 Å². The van der Waals surface area contributed by atoms with Crippen molar-refractivity contribution in [2.24, 2.45) is 0 Å². The van der Waals surface area contributed by atoms with Crippen molar-refractivity contribution in [2.75, 3.05) is 21.0 Å². The first-order chi connectivity index (χ1) is 8.10. The summed E-state index contributed by atoms with van der Waals surface area (Å²) in [5.74, 6) is 0. The third-order valence-corrected chi connectivity index (χ3v) is 3.00. The molecule has 5 heteroatoms. The van der Waals surface area contributed by atoms with Gasteiger partial charge in [-0.2, -0.15) is 0 Å². The van der Waals surface area contributed by atoms with Crippen LogP contribution >= 0.6 is 23.2 Å². The van der Waals surface area contributed by atoms with Crippen LogP contribution in [0, 0.1) is 0 Å². The fourth-order valence-electron chi connectivity index (χ4n) is 1.48. The van der Waals surface area contributed by atoms with Crippen LogP contribution in [0.1, 0.15) is 18.6 Å². The maximum absolute atomic E-state index is 6.14. The number of halogens is 2. The molecule has 0 fully saturated rings. The molecule has 0 radical (unpaired) electrons. The first-order valence-corrected chi connectivity index (χ1v) is 5.94. The van der Waals surface area contributed by atoms with Crippen molar-refractivity contribution < 1.29 is 14.2 Å². The Morgan fingerprint density at radius 3 is 2.47 bits per heavy atom. The van der Waals surface area contributed by atoms with Gasteiger partial charge in [0, 0.05) is 29.8 Å². The first kappa shape index (κ1) is 14.7. The number of hydrogen-bond donors (Lipinski definition) is 0. The zero-order valence-corrected chi connectivity index (χ0v) is 11.6. The standard InChI is InChI=1S/C12H16Cl2O3/c1-8(16-3)12(17-7-15-2)10-5-4-9(13)6-11(10)14/h4-6,8,12H,7H2,1-3H3. The molecule has 3 nitrogen and oxygen atoms in total. The quantitative estimate of drug-likeness (QED) is 0.743. The summed E-state index contributed by atoms with van der Waals surface area (Å²) in [4.78, 5) is 0. The highest BCUT2D eigenvalue weighted by molar-refractivity contribution is 6.35. The van der Waals surface area contributed by atoms with Crippen LogP contribution in [0.4, 0.5) is 0 Å². The van der Waals surface area contributed by atoms with Crippen molar-refractivity contribution >= 4 is 23.2 Å². The van der Waals surface area contributed by atoms with Crippen molar-refractivity contribution in [1.82, 2.24) is 0 Å². The monoisotopic (exact) mass is 278 g/mol. The number of hydrogen-bond acceptors (Lipinski definition) is 3. The van der Waals surface area contributed by atoms with Crippen LogP contribution < -0.4 is 0 Å². The molecule has 0 aromatic heterocycles. The Bertz CT molecular complexity index is 358. The normalized spacial score (nSPS) is 14.6. The maximum atomic E-state index is 6.14. The molecule has 1 aromatic carbocycles. The summed E-state index contributed by atoms with van der Waals surface area (Å²) in [5, 5.41) is 1.15. The summed E-state index contributed by atoms with van der Waals surface area (Å²) in [5.41, 5.74) is 0.836. The Hall–Kier alpha value is -0.320. The van der Waals surface area contributed by atoms with Crippen LogP contribution in [0.2, 0.25) is 10.0 Å². The molecule has 1 rings (SSSR count). The van der Waals surface area contributed by atoms with Crippen molar-refractivity contribution in [3.05, 3.63) is 33.8 Å². The van der Waals surface area contributed by atoms with Gasteiger partial charge in [0.25, 0.3) is 0 Å². The molecule has 0 aliphatic carbocycles. The zero-order chi connectivity index (χ0) is 12.8. The Morgan fingerprint density at radius 2 is 1.94 bits per heavy atom. The van der Waals surface area contributed by atoms with Gasteiger partial charge in [0.2, 0.25) is 0 Å². The van der Waals surface area contributed by atoms with E-state index in [4.69, 9.17) is 37.4 Å². The molecule has 2 unspecified atom stereocenters. The summed E-state index contributed by atoms with van der Waals surface area (Å²) in [6, 6.07) is 5.29. The number of benzene rings is 1. The maximum Gasteiger partial charge on any atom is 0.147 e. The summed E-state index contributed by atoms with van der Waals surface area (Å²) >= 11 is 12.0. The van der Waals surface area contributed by atoms with Crippen molar-refractivity contribution in [1.29, 1.82) is 0 Å². The van der Waals surface area contributed by atoms with E-state index in [1.165, 1.54) is 0 Å². The summed E-state index contributed by atoms with van der Waals surface area (Å²) in [6.45, 7) is 2.09. The minimum absolute atomic E-state index is 0.135. The van der Waals surface area contributed by atoms with Crippen molar-refractivity contribution in [3.8, 4) is 0 Å². The molecule has 1 aromatic rings. The van der Waals surface area contributed by atoms with Crippen molar-refractivity contribution in [3.63, 3.8) is 0 Å². The average molecular weight is 279 g/mol. The molecule has 0 bridgehead atoms. The summed E-state index contributed by atoms with van der Waals surface area (Å²) in [7, 11) is 3.19. The summed E-state index contributed by atoms with van der Waals surface area (Å²) in [6.07, 6.45) is -0.423. The van der Waals surface area contributed by atoms with Gasteiger partial charge in [0.05, 0.1) is 6.10 Å². The van der Waals surface area contributed by atoms with Crippen LogP contribution in [-0.2, 0) is 14.2 Å². The Labute approximate surface area is 112 Å². The highest BCUT2D eigenvalue weighted by Gasteiger charge is 2.22. The zero-order valence-electron chi connectivity index (χ0n) is 10.1. The third-order valence-electron chi connectivity index (χ3n) is 2.43. The topological polar surface area (TPSA) is 27.7 Å². The fourth-order valence-corrected chi connectivity index (χ4v) is 1.99. The van der Waals surface area contributed by atoms with Gasteiger partial charge in [0.1, 0.15) is 12.9 Å². The predicted molar refractivity (Wildman–Crippen MR) is 68.6 cm³/mol. The molecule has 0 N–H and O–H groups in total. The Morgan fingerprint density at radius 1 is 1.24 bits per heavy atom. The molecule has 0 amide bonds. The lowest BCUT2D eigenvalue weighted by molar-refractivity contribution is -0.118. The van der Waals surface area contributed by atoms with E-state index < -0.39 is 0 Å². The van der Waals surface area contributed by atoms with E-state index in [0.717, 1.165) is 5.56 Å². The molecule has 0 aliphatic heterocycles. The second-order valence-corrected chi connectivity index (χ2v) is 4.44. The molecular weight excluding hydrogens is 263 g/mol. The molecule has 0 saturated carbocycles. The van der Waals surface area contributed by atoms with Gasteiger partial charge >= 0.3 is 0 Å². The highest BCUT2D eigenvalue weighted by Crippen LogP contribution is 2.31. The fraction of sp³-hybridized carbons (Fsp3) is 0.500. The van der Waals surface area contributed by atoms with Gasteiger partial charge in [0.15, 0.2) is 0 Å². The van der Waals surface area contributed by atoms with Gasteiger partial charge < -0.3 is 14.2 Å². The SMILES string of the molecule is COCOC(c1ccc(Cl)cc1Cl)C(C)OC. The van der Waals surface area contributed by atoms with Crippen LogP contribution in [-0.4, -0.2) is 27.1 Å². The van der Waals surface area contributed by atoms with Gasteiger partial charge in [-0.15, -0.1) is 0 Å². The van der Waals surface area contributed by atoms with Gasteiger partial charge in [-0.1, -0.05) is 29.3 Å². The highest BCUT2D eigenvalue weighted by atomic mass is 35.5. The van der Waals surface area contributed by atoms with E-state index in [-0.39, 0.29) is 19.0 Å².